The quantitative estimate of drug-likeness (QED) is 0.534. The molecule has 1 fully saturated rings. The molecule has 1 unspecified atom stereocenters. The van der Waals surface area contributed by atoms with Crippen LogP contribution in [0.2, 0.25) is 0 Å². The summed E-state index contributed by atoms with van der Waals surface area (Å²) >= 11 is 0. The smallest absolute Gasteiger partial charge is 0.305 e. The molecule has 1 amide bonds. The maximum atomic E-state index is 11.8. The monoisotopic (exact) mass is 300 g/mol. The number of aliphatic hydroxyl groups is 1. The summed E-state index contributed by atoms with van der Waals surface area (Å²) in [5.41, 5.74) is -0.606. The van der Waals surface area contributed by atoms with Gasteiger partial charge in [0.05, 0.1) is 18.8 Å². The van der Waals surface area contributed by atoms with E-state index in [-0.39, 0.29) is 11.9 Å². The highest BCUT2D eigenvalue weighted by Gasteiger charge is 2.25. The molecule has 1 aliphatic heterocycles. The number of carbonyl (C=O) groups is 2. The van der Waals surface area contributed by atoms with Crippen LogP contribution in [0.25, 0.3) is 0 Å². The van der Waals surface area contributed by atoms with Gasteiger partial charge in [0.15, 0.2) is 0 Å². The second-order valence-corrected chi connectivity index (χ2v) is 5.89. The molecule has 0 aromatic carbocycles. The Labute approximate surface area is 126 Å². The molecule has 2 N–H and O–H groups in total. The van der Waals surface area contributed by atoms with Gasteiger partial charge in [-0.25, -0.2) is 0 Å². The Kier molecular flexibility index (Phi) is 7.67. The third-order valence-corrected chi connectivity index (χ3v) is 3.71. The maximum Gasteiger partial charge on any atom is 0.305 e. The third-order valence-electron chi connectivity index (χ3n) is 3.71. The number of esters is 1. The average molecular weight is 300 g/mol. The first kappa shape index (κ1) is 17.9. The van der Waals surface area contributed by atoms with Crippen LogP contribution >= 0.6 is 0 Å². The van der Waals surface area contributed by atoms with Gasteiger partial charge in [-0.15, -0.1) is 0 Å². The van der Waals surface area contributed by atoms with Crippen molar-refractivity contribution in [2.75, 3.05) is 32.8 Å². The number of rotatable bonds is 7. The molecule has 1 rings (SSSR count). The van der Waals surface area contributed by atoms with Crippen molar-refractivity contribution >= 4 is 11.9 Å². The number of carbonyl (C=O) groups excluding carboxylic acids is 2. The molecule has 0 spiro atoms. The van der Waals surface area contributed by atoms with Gasteiger partial charge in [-0.3, -0.25) is 14.5 Å². The molecular formula is C15H28N2O4. The molecule has 1 heterocycles. The number of amides is 1. The number of hydrogen-bond donors (Lipinski definition) is 2. The first-order valence-corrected chi connectivity index (χ1v) is 7.80. The summed E-state index contributed by atoms with van der Waals surface area (Å²) in [4.78, 5) is 25.0. The van der Waals surface area contributed by atoms with Crippen molar-refractivity contribution in [1.29, 1.82) is 0 Å². The second kappa shape index (κ2) is 9.00. The van der Waals surface area contributed by atoms with Gasteiger partial charge in [0.25, 0.3) is 0 Å². The molecule has 0 aliphatic carbocycles. The molecule has 0 saturated carbocycles. The average Bonchev–Trinajstić information content (AvgIpc) is 2.57. The van der Waals surface area contributed by atoms with Crippen LogP contribution in [0.1, 0.15) is 46.0 Å². The van der Waals surface area contributed by atoms with Crippen molar-refractivity contribution in [3.8, 4) is 0 Å². The first-order valence-electron chi connectivity index (χ1n) is 7.80. The number of nitrogens with zero attached hydrogens (tertiary/aromatic N) is 1. The van der Waals surface area contributed by atoms with E-state index in [0.29, 0.717) is 39.0 Å². The van der Waals surface area contributed by atoms with E-state index in [1.54, 1.807) is 6.92 Å². The van der Waals surface area contributed by atoms with E-state index < -0.39 is 5.60 Å². The van der Waals surface area contributed by atoms with E-state index in [0.717, 1.165) is 25.9 Å². The van der Waals surface area contributed by atoms with Crippen LogP contribution in [0.15, 0.2) is 0 Å². The van der Waals surface area contributed by atoms with Gasteiger partial charge in [0.2, 0.25) is 5.91 Å². The van der Waals surface area contributed by atoms with Gasteiger partial charge < -0.3 is 15.2 Å². The van der Waals surface area contributed by atoms with Crippen molar-refractivity contribution in [2.45, 2.75) is 51.6 Å². The highest BCUT2D eigenvalue weighted by molar-refractivity contribution is 5.78. The van der Waals surface area contributed by atoms with Crippen molar-refractivity contribution in [1.82, 2.24) is 10.2 Å². The van der Waals surface area contributed by atoms with Crippen molar-refractivity contribution in [3.63, 3.8) is 0 Å². The number of nitrogens with one attached hydrogen (secondary N) is 1. The van der Waals surface area contributed by atoms with Gasteiger partial charge >= 0.3 is 5.97 Å². The van der Waals surface area contributed by atoms with Crippen LogP contribution in [0, 0.1) is 0 Å². The van der Waals surface area contributed by atoms with Gasteiger partial charge in [-0.05, 0) is 46.1 Å². The summed E-state index contributed by atoms with van der Waals surface area (Å²) in [6.45, 7) is 6.45. The van der Waals surface area contributed by atoms with Crippen LogP contribution < -0.4 is 5.32 Å². The minimum absolute atomic E-state index is 0.0274. The minimum Gasteiger partial charge on any atom is -0.466 e. The van der Waals surface area contributed by atoms with Gasteiger partial charge in [0, 0.05) is 19.5 Å². The lowest BCUT2D eigenvalue weighted by molar-refractivity contribution is -0.143. The fraction of sp³-hybridized carbons (Fsp3) is 0.867. The molecule has 21 heavy (non-hydrogen) atoms. The lowest BCUT2D eigenvalue weighted by atomic mass is 9.98. The predicted molar refractivity (Wildman–Crippen MR) is 79.8 cm³/mol. The molecule has 122 valence electrons. The van der Waals surface area contributed by atoms with E-state index in [1.165, 1.54) is 0 Å². The molecule has 1 atom stereocenters. The Morgan fingerprint density at radius 1 is 1.33 bits per heavy atom. The molecule has 1 aliphatic rings. The third kappa shape index (κ3) is 8.02. The summed E-state index contributed by atoms with van der Waals surface area (Å²) in [6.07, 6.45) is 3.32. The zero-order chi connectivity index (χ0) is 15.7. The van der Waals surface area contributed by atoms with Gasteiger partial charge in [-0.1, -0.05) is 0 Å². The van der Waals surface area contributed by atoms with Crippen molar-refractivity contribution in [2.24, 2.45) is 0 Å². The Hall–Kier alpha value is -1.14. The minimum atomic E-state index is -0.606. The van der Waals surface area contributed by atoms with Crippen LogP contribution in [0.3, 0.4) is 0 Å². The van der Waals surface area contributed by atoms with Gasteiger partial charge in [0.1, 0.15) is 0 Å². The van der Waals surface area contributed by atoms with E-state index in [2.05, 4.69) is 10.2 Å². The molecule has 6 heteroatoms. The molecule has 0 radical (unpaired) electrons. The molecule has 1 saturated heterocycles. The summed E-state index contributed by atoms with van der Waals surface area (Å²) in [6, 6.07) is 0. The fourth-order valence-electron chi connectivity index (χ4n) is 2.43. The largest absolute Gasteiger partial charge is 0.466 e. The van der Waals surface area contributed by atoms with E-state index in [9.17, 15) is 14.7 Å². The lowest BCUT2D eigenvalue weighted by Gasteiger charge is -2.22. The zero-order valence-corrected chi connectivity index (χ0v) is 13.2. The fourth-order valence-corrected chi connectivity index (χ4v) is 2.43. The number of hydrogen-bond acceptors (Lipinski definition) is 5. The zero-order valence-electron chi connectivity index (χ0n) is 13.2. The van der Waals surface area contributed by atoms with Crippen LogP contribution in [-0.2, 0) is 14.3 Å². The van der Waals surface area contributed by atoms with Gasteiger partial charge in [-0.2, -0.15) is 0 Å². The van der Waals surface area contributed by atoms with Crippen LogP contribution in [0.4, 0.5) is 0 Å². The second-order valence-electron chi connectivity index (χ2n) is 5.89. The Morgan fingerprint density at radius 2 is 2.10 bits per heavy atom. The number of likely N-dealkylation sites (tertiary alicyclic amines) is 1. The van der Waals surface area contributed by atoms with Crippen molar-refractivity contribution in [3.05, 3.63) is 0 Å². The summed E-state index contributed by atoms with van der Waals surface area (Å²) in [5.74, 6) is -0.248. The van der Waals surface area contributed by atoms with Crippen molar-refractivity contribution < 1.29 is 19.4 Å². The van der Waals surface area contributed by atoms with E-state index in [4.69, 9.17) is 4.74 Å². The van der Waals surface area contributed by atoms with E-state index in [1.807, 2.05) is 6.92 Å². The first-order chi connectivity index (χ1) is 9.93. The highest BCUT2D eigenvalue weighted by atomic mass is 16.5. The van der Waals surface area contributed by atoms with Crippen LogP contribution in [-0.4, -0.2) is 60.3 Å². The summed E-state index contributed by atoms with van der Waals surface area (Å²) in [5, 5.41) is 12.8. The Bertz CT molecular complexity index is 345. The normalized spacial score (nSPS) is 23.4. The summed E-state index contributed by atoms with van der Waals surface area (Å²) < 4.78 is 4.82. The topological polar surface area (TPSA) is 78.9 Å². The maximum absolute atomic E-state index is 11.8. The molecule has 0 bridgehead atoms. The molecule has 6 nitrogen and oxygen atoms in total. The Morgan fingerprint density at radius 3 is 2.81 bits per heavy atom. The molecule has 0 aromatic heterocycles. The molecular weight excluding hydrogens is 272 g/mol. The highest BCUT2D eigenvalue weighted by Crippen LogP contribution is 2.20. The predicted octanol–water partition coefficient (Wildman–Crippen LogP) is 0.683. The lowest BCUT2D eigenvalue weighted by Crippen LogP contribution is -2.38. The summed E-state index contributed by atoms with van der Waals surface area (Å²) in [7, 11) is 0. The standard InChI is InChI=1S/C15H28N2O4/c1-3-21-14(19)6-4-9-16-13(18)12-17-10-5-7-15(2,20)8-11-17/h20H,3-12H2,1-2H3,(H,16,18). The van der Waals surface area contributed by atoms with Crippen LogP contribution in [0.5, 0.6) is 0 Å². The number of ether oxygens (including phenoxy) is 1. The molecule has 0 aromatic rings. The van der Waals surface area contributed by atoms with E-state index >= 15 is 0 Å². The Balaban J connectivity index is 2.14. The SMILES string of the molecule is CCOC(=O)CCCNC(=O)CN1CCCC(C)(O)CC1.